The average Bonchev–Trinajstić information content (AvgIpc) is 3.04. The van der Waals surface area contributed by atoms with E-state index in [0.29, 0.717) is 13.0 Å². The monoisotopic (exact) mass is 354 g/mol. The van der Waals surface area contributed by atoms with Crippen molar-refractivity contribution in [2.24, 2.45) is 0 Å². The Balaban J connectivity index is 1.57. The number of nitrogens with zero attached hydrogens (tertiary/aromatic N) is 2. The molecule has 5 heteroatoms. The van der Waals surface area contributed by atoms with Crippen molar-refractivity contribution < 1.29 is 9.53 Å². The van der Waals surface area contributed by atoms with Crippen LogP contribution in [-0.2, 0) is 4.79 Å². The molecule has 3 rings (SSSR count). The van der Waals surface area contributed by atoms with Gasteiger partial charge in [-0.2, -0.15) is 0 Å². The molecule has 1 heterocycles. The number of fused-ring (bicyclic) bond motifs is 1. The van der Waals surface area contributed by atoms with Gasteiger partial charge in [0.05, 0.1) is 29.3 Å². The van der Waals surface area contributed by atoms with Gasteiger partial charge in [0.2, 0.25) is 5.91 Å². The largest absolute Gasteiger partial charge is 0.493 e. The smallest absolute Gasteiger partial charge is 0.226 e. The molecular formula is C20H22N2O2S. The molecule has 130 valence electrons. The van der Waals surface area contributed by atoms with Gasteiger partial charge in [0.1, 0.15) is 10.8 Å². The molecule has 0 radical (unpaired) electrons. The quantitative estimate of drug-likeness (QED) is 0.650. The van der Waals surface area contributed by atoms with Gasteiger partial charge in [-0.15, -0.1) is 11.3 Å². The summed E-state index contributed by atoms with van der Waals surface area (Å²) in [7, 11) is 1.83. The van der Waals surface area contributed by atoms with Crippen molar-refractivity contribution in [1.82, 2.24) is 9.88 Å². The normalized spacial score (nSPS) is 12.1. The van der Waals surface area contributed by atoms with Gasteiger partial charge in [0.25, 0.3) is 0 Å². The summed E-state index contributed by atoms with van der Waals surface area (Å²) in [5.41, 5.74) is 2.13. The molecule has 2 aromatic carbocycles. The highest BCUT2D eigenvalue weighted by Gasteiger charge is 2.20. The van der Waals surface area contributed by atoms with Crippen molar-refractivity contribution in [3.05, 3.63) is 59.1 Å². The maximum atomic E-state index is 12.5. The van der Waals surface area contributed by atoms with Gasteiger partial charge in [-0.25, -0.2) is 4.98 Å². The van der Waals surface area contributed by atoms with E-state index in [2.05, 4.69) is 11.1 Å². The van der Waals surface area contributed by atoms with Crippen LogP contribution in [0.2, 0.25) is 0 Å². The number of rotatable bonds is 6. The summed E-state index contributed by atoms with van der Waals surface area (Å²) in [6.45, 7) is 4.40. The Morgan fingerprint density at radius 2 is 2.04 bits per heavy atom. The van der Waals surface area contributed by atoms with Crippen LogP contribution in [0.15, 0.2) is 48.5 Å². The molecule has 4 nitrogen and oxygen atoms in total. The van der Waals surface area contributed by atoms with Crippen LogP contribution in [0.25, 0.3) is 10.2 Å². The van der Waals surface area contributed by atoms with Gasteiger partial charge in [0.15, 0.2) is 0 Å². The van der Waals surface area contributed by atoms with Crippen LogP contribution in [0.3, 0.4) is 0 Å². The second-order valence-corrected chi connectivity index (χ2v) is 7.18. The minimum Gasteiger partial charge on any atom is -0.493 e. The molecule has 0 fully saturated rings. The van der Waals surface area contributed by atoms with Gasteiger partial charge >= 0.3 is 0 Å². The number of para-hydroxylation sites is 1. The lowest BCUT2D eigenvalue weighted by atomic mass is 10.2. The Morgan fingerprint density at radius 3 is 2.80 bits per heavy atom. The number of hydrogen-bond donors (Lipinski definition) is 0. The zero-order valence-electron chi connectivity index (χ0n) is 14.7. The van der Waals surface area contributed by atoms with E-state index in [1.165, 1.54) is 0 Å². The van der Waals surface area contributed by atoms with Crippen LogP contribution in [0.1, 0.15) is 30.0 Å². The van der Waals surface area contributed by atoms with E-state index >= 15 is 0 Å². The van der Waals surface area contributed by atoms with E-state index < -0.39 is 0 Å². The minimum absolute atomic E-state index is 0.0520. The highest BCUT2D eigenvalue weighted by molar-refractivity contribution is 7.18. The minimum atomic E-state index is -0.0520. The lowest BCUT2D eigenvalue weighted by molar-refractivity contribution is -0.132. The lowest BCUT2D eigenvalue weighted by Gasteiger charge is -2.23. The number of aromatic nitrogens is 1. The molecule has 0 aliphatic heterocycles. The fourth-order valence-electron chi connectivity index (χ4n) is 2.59. The molecule has 0 saturated heterocycles. The van der Waals surface area contributed by atoms with Gasteiger partial charge in [0, 0.05) is 7.05 Å². The molecule has 0 bridgehead atoms. The van der Waals surface area contributed by atoms with E-state index in [-0.39, 0.29) is 11.9 Å². The molecule has 0 spiro atoms. The highest BCUT2D eigenvalue weighted by atomic mass is 32.1. The molecular weight excluding hydrogens is 332 g/mol. The van der Waals surface area contributed by atoms with E-state index in [1.807, 2.05) is 63.4 Å². The van der Waals surface area contributed by atoms with E-state index in [9.17, 15) is 4.79 Å². The summed E-state index contributed by atoms with van der Waals surface area (Å²) < 4.78 is 6.83. The van der Waals surface area contributed by atoms with Crippen LogP contribution in [0.4, 0.5) is 0 Å². The van der Waals surface area contributed by atoms with E-state index in [4.69, 9.17) is 4.74 Å². The third-order valence-corrected chi connectivity index (χ3v) is 5.42. The number of aryl methyl sites for hydroxylation is 1. The Hall–Kier alpha value is -2.40. The standard InChI is InChI=1S/C20H22N2O2S/c1-14-7-6-8-16(13-14)24-12-11-19(23)22(3)15(2)20-21-17-9-4-5-10-18(17)25-20/h4-10,13,15H,11-12H2,1-3H3/t15-/m1/s1. The Morgan fingerprint density at radius 1 is 1.24 bits per heavy atom. The molecule has 0 aliphatic rings. The van der Waals surface area contributed by atoms with E-state index in [1.54, 1.807) is 16.2 Å². The molecule has 1 atom stereocenters. The zero-order chi connectivity index (χ0) is 17.8. The van der Waals surface area contributed by atoms with Crippen LogP contribution in [0, 0.1) is 6.92 Å². The molecule has 1 amide bonds. The summed E-state index contributed by atoms with van der Waals surface area (Å²) in [6.07, 6.45) is 0.347. The number of carbonyl (C=O) groups excluding carboxylic acids is 1. The zero-order valence-corrected chi connectivity index (χ0v) is 15.5. The summed E-state index contributed by atoms with van der Waals surface area (Å²) in [5, 5.41) is 0.955. The fourth-order valence-corrected chi connectivity index (χ4v) is 3.65. The van der Waals surface area contributed by atoms with Gasteiger partial charge in [-0.1, -0.05) is 24.3 Å². The predicted octanol–water partition coefficient (Wildman–Crippen LogP) is 4.59. The number of carbonyl (C=O) groups is 1. The molecule has 3 aromatic rings. The first-order chi connectivity index (χ1) is 12.0. The first-order valence-electron chi connectivity index (χ1n) is 8.35. The van der Waals surface area contributed by atoms with Crippen molar-refractivity contribution >= 4 is 27.5 Å². The van der Waals surface area contributed by atoms with E-state index in [0.717, 1.165) is 26.5 Å². The second kappa shape index (κ2) is 7.66. The van der Waals surface area contributed by atoms with Gasteiger partial charge < -0.3 is 9.64 Å². The third-order valence-electron chi connectivity index (χ3n) is 4.22. The van der Waals surface area contributed by atoms with Crippen LogP contribution >= 0.6 is 11.3 Å². The van der Waals surface area contributed by atoms with Crippen molar-refractivity contribution in [3.63, 3.8) is 0 Å². The molecule has 0 saturated carbocycles. The van der Waals surface area contributed by atoms with Crippen molar-refractivity contribution in [3.8, 4) is 5.75 Å². The topological polar surface area (TPSA) is 42.4 Å². The Kier molecular flexibility index (Phi) is 5.34. The number of amides is 1. The molecule has 1 aromatic heterocycles. The first-order valence-corrected chi connectivity index (χ1v) is 9.17. The molecule has 0 aliphatic carbocycles. The summed E-state index contributed by atoms with van der Waals surface area (Å²) in [5.74, 6) is 0.856. The van der Waals surface area contributed by atoms with Crippen LogP contribution in [0.5, 0.6) is 5.75 Å². The van der Waals surface area contributed by atoms with Crippen molar-refractivity contribution in [1.29, 1.82) is 0 Å². The second-order valence-electron chi connectivity index (χ2n) is 6.12. The SMILES string of the molecule is Cc1cccc(OCCC(=O)N(C)[C@H](C)c2nc3ccccc3s2)c1. The summed E-state index contributed by atoms with van der Waals surface area (Å²) >= 11 is 1.64. The maximum Gasteiger partial charge on any atom is 0.226 e. The first kappa shape index (κ1) is 17.4. The number of thiazole rings is 1. The van der Waals surface area contributed by atoms with Crippen LogP contribution in [-0.4, -0.2) is 29.4 Å². The fraction of sp³-hybridized carbons (Fsp3) is 0.300. The summed E-state index contributed by atoms with van der Waals surface area (Å²) in [4.78, 5) is 18.8. The van der Waals surface area contributed by atoms with Crippen molar-refractivity contribution in [2.75, 3.05) is 13.7 Å². The Bertz CT molecular complexity index is 842. The maximum absolute atomic E-state index is 12.5. The van der Waals surface area contributed by atoms with Crippen molar-refractivity contribution in [2.45, 2.75) is 26.3 Å². The number of ether oxygens (including phenoxy) is 1. The number of hydrogen-bond acceptors (Lipinski definition) is 4. The highest BCUT2D eigenvalue weighted by Crippen LogP contribution is 2.29. The summed E-state index contributed by atoms with van der Waals surface area (Å²) in [6, 6.07) is 15.8. The molecule has 0 unspecified atom stereocenters. The number of benzene rings is 2. The van der Waals surface area contributed by atoms with Gasteiger partial charge in [-0.05, 0) is 43.7 Å². The Labute approximate surface area is 152 Å². The molecule has 25 heavy (non-hydrogen) atoms. The predicted molar refractivity (Wildman–Crippen MR) is 102 cm³/mol. The molecule has 0 N–H and O–H groups in total. The average molecular weight is 354 g/mol. The third kappa shape index (κ3) is 4.17. The lowest BCUT2D eigenvalue weighted by Crippen LogP contribution is -2.30. The van der Waals surface area contributed by atoms with Crippen LogP contribution < -0.4 is 4.74 Å². The van der Waals surface area contributed by atoms with Gasteiger partial charge in [-0.3, -0.25) is 4.79 Å².